The fourth-order valence-corrected chi connectivity index (χ4v) is 2.49. The van der Waals surface area contributed by atoms with Gasteiger partial charge in [0.1, 0.15) is 0 Å². The quantitative estimate of drug-likeness (QED) is 0.194. The monoisotopic (exact) mass is 428 g/mol. The molecule has 0 atom stereocenters. The molecule has 10 heteroatoms. The Morgan fingerprint density at radius 2 is 1.80 bits per heavy atom. The zero-order chi connectivity index (χ0) is 21.9. The number of ether oxygens (including phenoxy) is 1. The summed E-state index contributed by atoms with van der Waals surface area (Å²) in [6.07, 6.45) is 2.78. The van der Waals surface area contributed by atoms with Crippen LogP contribution in [0.1, 0.15) is 15.9 Å². The molecule has 2 rings (SSSR count). The Balaban J connectivity index is 1.83. The van der Waals surface area contributed by atoms with E-state index in [2.05, 4.69) is 16.0 Å². The molecule has 0 aromatic heterocycles. The number of methoxy groups -OCH3 is 1. The first-order valence-electron chi connectivity index (χ1n) is 8.81. The third kappa shape index (κ3) is 7.41. The van der Waals surface area contributed by atoms with Crippen molar-refractivity contribution in [1.29, 1.82) is 0 Å². The van der Waals surface area contributed by atoms with Crippen molar-refractivity contribution < 1.29 is 19.2 Å². The fraction of sp³-hybridized carbons (Fsp3) is 0.150. The van der Waals surface area contributed by atoms with Crippen molar-refractivity contribution in [2.45, 2.75) is 0 Å². The summed E-state index contributed by atoms with van der Waals surface area (Å²) in [6.45, 7) is 0.844. The highest BCUT2D eigenvalue weighted by Gasteiger charge is 2.06. The number of non-ortho nitro benzene ring substituents is 1. The molecule has 0 aliphatic heterocycles. The summed E-state index contributed by atoms with van der Waals surface area (Å²) >= 11 is 5.10. The number of hydrogen-bond donors (Lipinski definition) is 3. The predicted octanol–water partition coefficient (Wildman–Crippen LogP) is 2.50. The second-order valence-electron chi connectivity index (χ2n) is 5.95. The number of thiocarbonyl (C=S) groups is 1. The standard InChI is InChI=1S/C20H20N4O5S/c1-29-13-12-21-19(26)15-5-7-16(8-6-15)22-20(30)23-18(25)11-4-14-2-9-17(10-3-14)24(27)28/h2-11H,12-13H2,1H3,(H,21,26)(H2,22,23,25,30)/b11-4+. The first kappa shape index (κ1) is 22.7. The normalized spacial score (nSPS) is 10.4. The van der Waals surface area contributed by atoms with Crippen LogP contribution in [-0.4, -0.2) is 42.1 Å². The number of nitrogens with zero attached hydrogens (tertiary/aromatic N) is 1. The summed E-state index contributed by atoms with van der Waals surface area (Å²) in [5.74, 6) is -0.675. The molecule has 2 aromatic carbocycles. The molecule has 0 bridgehead atoms. The van der Waals surface area contributed by atoms with Gasteiger partial charge >= 0.3 is 0 Å². The molecule has 0 saturated heterocycles. The maximum atomic E-state index is 12.0. The van der Waals surface area contributed by atoms with Gasteiger partial charge in [-0.05, 0) is 60.3 Å². The molecule has 0 aliphatic rings. The first-order valence-corrected chi connectivity index (χ1v) is 9.21. The van der Waals surface area contributed by atoms with Crippen LogP contribution in [0, 0.1) is 10.1 Å². The van der Waals surface area contributed by atoms with Gasteiger partial charge in [0.25, 0.3) is 11.6 Å². The van der Waals surface area contributed by atoms with Crippen LogP contribution in [0.3, 0.4) is 0 Å². The largest absolute Gasteiger partial charge is 0.383 e. The summed E-state index contributed by atoms with van der Waals surface area (Å²) in [4.78, 5) is 34.0. The molecule has 3 N–H and O–H groups in total. The lowest BCUT2D eigenvalue weighted by atomic mass is 10.2. The molecule has 30 heavy (non-hydrogen) atoms. The van der Waals surface area contributed by atoms with Crippen LogP contribution in [0.2, 0.25) is 0 Å². The van der Waals surface area contributed by atoms with Gasteiger partial charge in [-0.2, -0.15) is 0 Å². The molecule has 0 fully saturated rings. The Hall–Kier alpha value is -3.63. The van der Waals surface area contributed by atoms with Crippen molar-refractivity contribution in [1.82, 2.24) is 10.6 Å². The van der Waals surface area contributed by atoms with E-state index in [-0.39, 0.29) is 16.7 Å². The minimum Gasteiger partial charge on any atom is -0.383 e. The average molecular weight is 428 g/mol. The van der Waals surface area contributed by atoms with E-state index in [1.54, 1.807) is 31.4 Å². The van der Waals surface area contributed by atoms with E-state index in [1.807, 2.05) is 0 Å². The van der Waals surface area contributed by atoms with Gasteiger partial charge in [-0.15, -0.1) is 0 Å². The van der Waals surface area contributed by atoms with Crippen LogP contribution in [-0.2, 0) is 9.53 Å². The van der Waals surface area contributed by atoms with Crippen molar-refractivity contribution in [3.05, 3.63) is 75.8 Å². The number of carbonyl (C=O) groups excluding carboxylic acids is 2. The van der Waals surface area contributed by atoms with Crippen LogP contribution in [0.4, 0.5) is 11.4 Å². The molecular formula is C20H20N4O5S. The summed E-state index contributed by atoms with van der Waals surface area (Å²) < 4.78 is 4.88. The van der Waals surface area contributed by atoms with Crippen molar-refractivity contribution in [2.24, 2.45) is 0 Å². The lowest BCUT2D eigenvalue weighted by Crippen LogP contribution is -2.32. The summed E-state index contributed by atoms with van der Waals surface area (Å²) in [7, 11) is 1.56. The average Bonchev–Trinajstić information content (AvgIpc) is 2.73. The number of rotatable bonds is 8. The molecule has 2 aromatic rings. The number of benzene rings is 2. The van der Waals surface area contributed by atoms with Gasteiger partial charge in [0.15, 0.2) is 5.11 Å². The van der Waals surface area contributed by atoms with E-state index in [9.17, 15) is 19.7 Å². The van der Waals surface area contributed by atoms with Crippen molar-refractivity contribution >= 4 is 46.6 Å². The second kappa shape index (κ2) is 11.4. The highest BCUT2D eigenvalue weighted by molar-refractivity contribution is 7.80. The van der Waals surface area contributed by atoms with Gasteiger partial charge in [-0.1, -0.05) is 0 Å². The van der Waals surface area contributed by atoms with Crippen LogP contribution in [0.25, 0.3) is 6.08 Å². The highest BCUT2D eigenvalue weighted by Crippen LogP contribution is 2.13. The van der Waals surface area contributed by atoms with Crippen molar-refractivity contribution in [3.8, 4) is 0 Å². The number of nitro benzene ring substituents is 1. The van der Waals surface area contributed by atoms with E-state index in [0.717, 1.165) is 0 Å². The molecular weight excluding hydrogens is 408 g/mol. The Morgan fingerprint density at radius 1 is 1.13 bits per heavy atom. The summed E-state index contributed by atoms with van der Waals surface area (Å²) in [5, 5.41) is 18.8. The van der Waals surface area contributed by atoms with Crippen LogP contribution in [0.15, 0.2) is 54.6 Å². The fourth-order valence-electron chi connectivity index (χ4n) is 2.27. The number of anilines is 1. The lowest BCUT2D eigenvalue weighted by Gasteiger charge is -2.09. The van der Waals surface area contributed by atoms with E-state index in [0.29, 0.717) is 30.0 Å². The van der Waals surface area contributed by atoms with Gasteiger partial charge in [-0.25, -0.2) is 0 Å². The van der Waals surface area contributed by atoms with Crippen LogP contribution in [0.5, 0.6) is 0 Å². The highest BCUT2D eigenvalue weighted by atomic mass is 32.1. The summed E-state index contributed by atoms with van der Waals surface area (Å²) in [6, 6.07) is 12.4. The topological polar surface area (TPSA) is 123 Å². The molecule has 0 radical (unpaired) electrons. The SMILES string of the molecule is COCCNC(=O)c1ccc(NC(=S)NC(=O)/C=C/c2ccc([N+](=O)[O-])cc2)cc1. The van der Waals surface area contributed by atoms with Crippen molar-refractivity contribution in [2.75, 3.05) is 25.6 Å². The molecule has 0 saturated carbocycles. The van der Waals surface area contributed by atoms with Gasteiger partial charge in [0.2, 0.25) is 5.91 Å². The van der Waals surface area contributed by atoms with Gasteiger partial charge in [0.05, 0.1) is 11.5 Å². The Bertz CT molecular complexity index is 943. The second-order valence-corrected chi connectivity index (χ2v) is 6.36. The summed E-state index contributed by atoms with van der Waals surface area (Å²) in [5.41, 5.74) is 1.69. The van der Waals surface area contributed by atoms with E-state index < -0.39 is 10.8 Å². The third-order valence-electron chi connectivity index (χ3n) is 3.76. The number of amides is 2. The maximum Gasteiger partial charge on any atom is 0.269 e. The predicted molar refractivity (Wildman–Crippen MR) is 117 cm³/mol. The number of hydrogen-bond acceptors (Lipinski definition) is 6. The number of nitrogens with one attached hydrogen (secondary N) is 3. The molecule has 0 heterocycles. The third-order valence-corrected chi connectivity index (χ3v) is 3.97. The minimum atomic E-state index is -0.495. The van der Waals surface area contributed by atoms with Crippen LogP contribution < -0.4 is 16.0 Å². The lowest BCUT2D eigenvalue weighted by molar-refractivity contribution is -0.384. The van der Waals surface area contributed by atoms with E-state index in [1.165, 1.54) is 36.4 Å². The smallest absolute Gasteiger partial charge is 0.269 e. The molecule has 0 unspecified atom stereocenters. The molecule has 2 amide bonds. The number of nitro groups is 1. The molecule has 0 aliphatic carbocycles. The Morgan fingerprint density at radius 3 is 2.40 bits per heavy atom. The Labute approximate surface area is 178 Å². The molecule has 9 nitrogen and oxygen atoms in total. The molecule has 0 spiro atoms. The van der Waals surface area contributed by atoms with E-state index >= 15 is 0 Å². The van der Waals surface area contributed by atoms with Gasteiger partial charge in [-0.3, -0.25) is 25.0 Å². The van der Waals surface area contributed by atoms with Gasteiger partial charge in [0, 0.05) is 43.1 Å². The van der Waals surface area contributed by atoms with E-state index in [4.69, 9.17) is 17.0 Å². The maximum absolute atomic E-state index is 12.0. The van der Waals surface area contributed by atoms with Gasteiger partial charge < -0.3 is 15.4 Å². The zero-order valence-electron chi connectivity index (χ0n) is 16.1. The first-order chi connectivity index (χ1) is 14.4. The Kier molecular flexibility index (Phi) is 8.60. The van der Waals surface area contributed by atoms with Crippen molar-refractivity contribution in [3.63, 3.8) is 0 Å². The zero-order valence-corrected chi connectivity index (χ0v) is 16.9. The number of carbonyl (C=O) groups is 2. The molecule has 156 valence electrons. The minimum absolute atomic E-state index is 0.0274. The van der Waals surface area contributed by atoms with Crippen LogP contribution >= 0.6 is 12.2 Å².